The second kappa shape index (κ2) is 8.50. The molecule has 0 saturated carbocycles. The van der Waals surface area contributed by atoms with Crippen molar-refractivity contribution in [2.24, 2.45) is 0 Å². The maximum absolute atomic E-state index is 7.69. The van der Waals surface area contributed by atoms with Crippen molar-refractivity contribution in [2.75, 3.05) is 19.5 Å². The molecule has 0 unspecified atom stereocenters. The quantitative estimate of drug-likeness (QED) is 0.493. The molecule has 0 heterocycles. The summed E-state index contributed by atoms with van der Waals surface area (Å²) in [6.07, 6.45) is -4.65. The summed E-state index contributed by atoms with van der Waals surface area (Å²) in [5.41, 5.74) is 0. The Hall–Kier alpha value is 0.400. The van der Waals surface area contributed by atoms with E-state index in [4.69, 9.17) is 15.0 Å². The van der Waals surface area contributed by atoms with Crippen LogP contribution in [0, 0.1) is 0 Å². The molecule has 0 spiro atoms. The first-order valence-corrected chi connectivity index (χ1v) is 4.57. The predicted molar refractivity (Wildman–Crippen MR) is 50.1 cm³/mol. The monoisotopic (exact) mass is 228 g/mol. The van der Waals surface area contributed by atoms with Crippen molar-refractivity contribution in [3.8, 4) is 0 Å². The Bertz CT molecular complexity index is 185. The van der Waals surface area contributed by atoms with Crippen molar-refractivity contribution < 1.29 is 15.0 Å². The molecule has 0 N–H and O–H groups in total. The second-order valence-corrected chi connectivity index (χ2v) is 2.71. The van der Waals surface area contributed by atoms with Crippen LogP contribution in [0.3, 0.4) is 0 Å². The molecule has 0 aromatic rings. The van der Waals surface area contributed by atoms with Crippen LogP contribution in [-0.4, -0.2) is 25.8 Å². The van der Waals surface area contributed by atoms with Gasteiger partial charge < -0.3 is 9.47 Å². The van der Waals surface area contributed by atoms with Gasteiger partial charge in [-0.05, 0) is 19.2 Å². The van der Waals surface area contributed by atoms with E-state index in [0.717, 1.165) is 0 Å². The molecule has 0 aromatic carbocycles. The lowest BCUT2D eigenvalue weighted by atomic mass is 10.2. The Kier molecular flexibility index (Phi) is 4.59. The average molecular weight is 229 g/mol. The van der Waals surface area contributed by atoms with Crippen molar-refractivity contribution in [2.45, 2.75) is 31.9 Å². The number of halogens is 1. The minimum absolute atomic E-state index is 0.120. The van der Waals surface area contributed by atoms with E-state index in [1.165, 1.54) is 14.2 Å². The first-order chi connectivity index (χ1) is 6.83. The Labute approximate surface area is 83.0 Å². The molecule has 0 amide bonds. The summed E-state index contributed by atoms with van der Waals surface area (Å²) in [4.78, 5) is 0. The summed E-state index contributed by atoms with van der Waals surface area (Å²) in [7, 11) is 2.60. The highest BCUT2D eigenvalue weighted by atomic mass is 79.9. The van der Waals surface area contributed by atoms with Gasteiger partial charge in [-0.2, -0.15) is 0 Å². The summed E-state index contributed by atoms with van der Waals surface area (Å²) in [5, 5.41) is 0.646. The molecule has 11 heavy (non-hydrogen) atoms. The second-order valence-electron chi connectivity index (χ2n) is 1.92. The molecule has 68 valence electrons. The number of hydrogen-bond acceptors (Lipinski definition) is 2. The first kappa shape index (κ1) is 5.95. The molecule has 2 nitrogen and oxygen atoms in total. The Morgan fingerprint density at radius 3 is 2.45 bits per heavy atom. The molecule has 0 aliphatic rings. The Morgan fingerprint density at radius 2 is 2.00 bits per heavy atom. The van der Waals surface area contributed by atoms with E-state index in [0.29, 0.717) is 11.8 Å². The van der Waals surface area contributed by atoms with Crippen molar-refractivity contribution in [3.63, 3.8) is 0 Å². The molecule has 0 saturated heterocycles. The Morgan fingerprint density at radius 1 is 1.36 bits per heavy atom. The van der Waals surface area contributed by atoms with Gasteiger partial charge in [0.05, 0.1) is 0 Å². The number of alkyl halides is 1. The summed E-state index contributed by atoms with van der Waals surface area (Å²) < 4.78 is 40.3. The first-order valence-electron chi connectivity index (χ1n) is 5.45. The van der Waals surface area contributed by atoms with E-state index in [1.54, 1.807) is 0 Å². The molecule has 0 fully saturated rings. The van der Waals surface area contributed by atoms with Crippen LogP contribution in [-0.2, 0) is 9.47 Å². The third-order valence-electron chi connectivity index (χ3n) is 1.08. The molecule has 0 rings (SSSR count). The fourth-order valence-electron chi connectivity index (χ4n) is 0.525. The number of methoxy groups -OCH3 is 2. The number of ether oxygens (including phenoxy) is 2. The van der Waals surface area contributed by atoms with Gasteiger partial charge in [0.25, 0.3) is 0 Å². The lowest BCUT2D eigenvalue weighted by Crippen LogP contribution is -2.12. The van der Waals surface area contributed by atoms with Gasteiger partial charge in [0.1, 0.15) is 0 Å². The van der Waals surface area contributed by atoms with E-state index in [-0.39, 0.29) is 6.42 Å². The molecular formula is C8H17BrO2. The van der Waals surface area contributed by atoms with Crippen LogP contribution < -0.4 is 0 Å². The van der Waals surface area contributed by atoms with Gasteiger partial charge in [-0.15, -0.1) is 0 Å². The summed E-state index contributed by atoms with van der Waals surface area (Å²) in [5.74, 6) is 0. The van der Waals surface area contributed by atoms with Crippen LogP contribution in [0.4, 0.5) is 0 Å². The van der Waals surface area contributed by atoms with Gasteiger partial charge >= 0.3 is 0 Å². The normalized spacial score (nSPS) is 18.9. The zero-order valence-corrected chi connectivity index (χ0v) is 8.48. The standard InChI is InChI=1S/C8H17BrO2/c1-10-8(11-2)6-4-3-5-7-9/h8H,3-7H2,1-2H3/i4D2,6D2. The van der Waals surface area contributed by atoms with Crippen LogP contribution in [0.15, 0.2) is 0 Å². The number of rotatable bonds is 7. The molecule has 0 aromatic heterocycles. The lowest BCUT2D eigenvalue weighted by Gasteiger charge is -2.12. The SMILES string of the molecule is [2H]C([2H])(CCCBr)C([2H])([2H])C(OC)OC. The van der Waals surface area contributed by atoms with Gasteiger partial charge in [0, 0.05) is 25.0 Å². The highest BCUT2D eigenvalue weighted by Gasteiger charge is 2.02. The summed E-state index contributed by atoms with van der Waals surface area (Å²) in [6.45, 7) is 0. The molecule has 0 bridgehead atoms. The fraction of sp³-hybridized carbons (Fsp3) is 1.00. The van der Waals surface area contributed by atoms with E-state index < -0.39 is 19.0 Å². The minimum Gasteiger partial charge on any atom is -0.356 e. The van der Waals surface area contributed by atoms with Crippen molar-refractivity contribution in [1.82, 2.24) is 0 Å². The topological polar surface area (TPSA) is 18.5 Å². The summed E-state index contributed by atoms with van der Waals surface area (Å²) >= 11 is 3.19. The van der Waals surface area contributed by atoms with Crippen molar-refractivity contribution in [1.29, 1.82) is 0 Å². The van der Waals surface area contributed by atoms with Gasteiger partial charge in [-0.25, -0.2) is 0 Å². The van der Waals surface area contributed by atoms with Crippen molar-refractivity contribution >= 4 is 15.9 Å². The minimum atomic E-state index is -2.17. The lowest BCUT2D eigenvalue weighted by molar-refractivity contribution is -0.107. The third kappa shape index (κ3) is 6.78. The largest absolute Gasteiger partial charge is 0.356 e. The fourth-order valence-corrected chi connectivity index (χ4v) is 0.805. The van der Waals surface area contributed by atoms with E-state index >= 15 is 0 Å². The highest BCUT2D eigenvalue weighted by Crippen LogP contribution is 2.07. The average Bonchev–Trinajstić information content (AvgIpc) is 2.16. The molecule has 0 aliphatic heterocycles. The predicted octanol–water partition coefficient (Wildman–Crippen LogP) is 2.56. The molecule has 3 heteroatoms. The van der Waals surface area contributed by atoms with Gasteiger partial charge in [0.15, 0.2) is 6.29 Å². The van der Waals surface area contributed by atoms with Gasteiger partial charge in [-0.1, -0.05) is 22.4 Å². The zero-order valence-electron chi connectivity index (χ0n) is 10.9. The number of hydrogen-bond donors (Lipinski definition) is 0. The van der Waals surface area contributed by atoms with Crippen molar-refractivity contribution in [3.05, 3.63) is 0 Å². The van der Waals surface area contributed by atoms with Crippen LogP contribution in [0.1, 0.15) is 31.1 Å². The van der Waals surface area contributed by atoms with E-state index in [1.807, 2.05) is 0 Å². The maximum atomic E-state index is 7.69. The molecule has 0 aliphatic carbocycles. The third-order valence-corrected chi connectivity index (χ3v) is 1.64. The highest BCUT2D eigenvalue weighted by molar-refractivity contribution is 9.09. The van der Waals surface area contributed by atoms with Gasteiger partial charge in [-0.3, -0.25) is 0 Å². The van der Waals surface area contributed by atoms with E-state index in [9.17, 15) is 0 Å². The Balaban J connectivity index is 4.65. The molecule has 0 radical (unpaired) electrons. The van der Waals surface area contributed by atoms with Crippen LogP contribution in [0.25, 0.3) is 0 Å². The van der Waals surface area contributed by atoms with E-state index in [2.05, 4.69) is 15.9 Å². The molecular weight excluding hydrogens is 208 g/mol. The zero-order chi connectivity index (χ0) is 12.1. The molecule has 0 atom stereocenters. The maximum Gasteiger partial charge on any atom is 0.156 e. The van der Waals surface area contributed by atoms with Crippen LogP contribution in [0.2, 0.25) is 0 Å². The summed E-state index contributed by atoms with van der Waals surface area (Å²) in [6, 6.07) is 0. The van der Waals surface area contributed by atoms with Crippen LogP contribution >= 0.6 is 15.9 Å². The van der Waals surface area contributed by atoms with Crippen LogP contribution in [0.5, 0.6) is 0 Å². The van der Waals surface area contributed by atoms with Gasteiger partial charge in [0.2, 0.25) is 0 Å². The smallest absolute Gasteiger partial charge is 0.156 e.